The topological polar surface area (TPSA) is 59.5 Å². The Kier molecular flexibility index (Phi) is 4.30. The smallest absolute Gasteiger partial charge is 0.223 e. The van der Waals surface area contributed by atoms with E-state index in [9.17, 15) is 4.79 Å². The van der Waals surface area contributed by atoms with Gasteiger partial charge in [-0.05, 0) is 37.8 Å². The number of carbonyl (C=O) groups excluding carboxylic acids is 1. The highest BCUT2D eigenvalue weighted by molar-refractivity contribution is 5.77. The summed E-state index contributed by atoms with van der Waals surface area (Å²) in [5.74, 6) is 2.30. The molecule has 2 atom stereocenters. The maximum absolute atomic E-state index is 12.3. The first-order valence-corrected chi connectivity index (χ1v) is 7.10. The van der Waals surface area contributed by atoms with Gasteiger partial charge in [0.05, 0.1) is 0 Å². The summed E-state index contributed by atoms with van der Waals surface area (Å²) in [4.78, 5) is 14.2. The van der Waals surface area contributed by atoms with Crippen LogP contribution in [0.4, 0.5) is 0 Å². The number of hydrogen-bond acceptors (Lipinski definition) is 3. The van der Waals surface area contributed by atoms with Crippen LogP contribution in [0, 0.1) is 12.8 Å². The molecule has 19 heavy (non-hydrogen) atoms. The van der Waals surface area contributed by atoms with Crippen molar-refractivity contribution in [3.05, 3.63) is 23.7 Å². The fraction of sp³-hybridized carbons (Fsp3) is 0.667. The summed E-state index contributed by atoms with van der Waals surface area (Å²) in [6, 6.07) is 3.72. The van der Waals surface area contributed by atoms with Gasteiger partial charge in [-0.15, -0.1) is 0 Å². The van der Waals surface area contributed by atoms with E-state index in [0.717, 1.165) is 30.9 Å². The van der Waals surface area contributed by atoms with Crippen LogP contribution in [-0.2, 0) is 4.79 Å². The fourth-order valence-corrected chi connectivity index (χ4v) is 2.76. The zero-order valence-corrected chi connectivity index (χ0v) is 12.1. The first-order chi connectivity index (χ1) is 8.99. The van der Waals surface area contributed by atoms with E-state index in [1.807, 2.05) is 24.0 Å². The molecule has 2 unspecified atom stereocenters. The van der Waals surface area contributed by atoms with Crippen LogP contribution < -0.4 is 5.73 Å². The van der Waals surface area contributed by atoms with Crippen molar-refractivity contribution < 1.29 is 9.21 Å². The van der Waals surface area contributed by atoms with Crippen molar-refractivity contribution in [3.63, 3.8) is 0 Å². The molecule has 1 aromatic heterocycles. The molecule has 0 aliphatic carbocycles. The summed E-state index contributed by atoms with van der Waals surface area (Å²) in [5, 5.41) is 0. The maximum Gasteiger partial charge on any atom is 0.223 e. The van der Waals surface area contributed by atoms with E-state index in [2.05, 4.69) is 13.8 Å². The van der Waals surface area contributed by atoms with Crippen LogP contribution in [0.5, 0.6) is 0 Å². The monoisotopic (exact) mass is 264 g/mol. The van der Waals surface area contributed by atoms with Gasteiger partial charge in [0.25, 0.3) is 0 Å². The molecule has 106 valence electrons. The largest absolute Gasteiger partial charge is 0.464 e. The first-order valence-electron chi connectivity index (χ1n) is 7.10. The molecule has 0 radical (unpaired) electrons. The average Bonchev–Trinajstić information content (AvgIpc) is 2.68. The van der Waals surface area contributed by atoms with E-state index >= 15 is 0 Å². The highest BCUT2D eigenvalue weighted by Crippen LogP contribution is 2.31. The lowest BCUT2D eigenvalue weighted by molar-refractivity contribution is -0.134. The van der Waals surface area contributed by atoms with Crippen LogP contribution in [0.25, 0.3) is 0 Å². The minimum Gasteiger partial charge on any atom is -0.464 e. The van der Waals surface area contributed by atoms with Crippen molar-refractivity contribution in [2.75, 3.05) is 6.54 Å². The zero-order valence-electron chi connectivity index (χ0n) is 12.1. The molecule has 1 aliphatic heterocycles. The van der Waals surface area contributed by atoms with Gasteiger partial charge < -0.3 is 15.1 Å². The number of rotatable bonds is 3. The molecule has 4 nitrogen and oxygen atoms in total. The lowest BCUT2D eigenvalue weighted by Crippen LogP contribution is -2.43. The summed E-state index contributed by atoms with van der Waals surface area (Å²) in [7, 11) is 0. The summed E-state index contributed by atoms with van der Waals surface area (Å²) in [6.07, 6.45) is 2.33. The molecule has 0 aromatic carbocycles. The van der Waals surface area contributed by atoms with Crippen LogP contribution in [0.3, 0.4) is 0 Å². The molecule has 0 spiro atoms. The molecule has 2 heterocycles. The molecule has 1 saturated heterocycles. The molecule has 1 fully saturated rings. The number of nitrogens with zero attached hydrogens (tertiary/aromatic N) is 1. The number of likely N-dealkylation sites (tertiary alicyclic amines) is 1. The van der Waals surface area contributed by atoms with Gasteiger partial charge in [0.15, 0.2) is 0 Å². The van der Waals surface area contributed by atoms with E-state index in [1.54, 1.807) is 0 Å². The van der Waals surface area contributed by atoms with Gasteiger partial charge in [0.1, 0.15) is 17.6 Å². The molecule has 2 N–H and O–H groups in total. The normalized spacial score (nSPS) is 24.9. The molecule has 4 heteroatoms. The minimum atomic E-state index is -0.119. The minimum absolute atomic E-state index is 0.0456. The van der Waals surface area contributed by atoms with Gasteiger partial charge in [0, 0.05) is 19.0 Å². The van der Waals surface area contributed by atoms with Crippen molar-refractivity contribution in [2.45, 2.75) is 52.1 Å². The van der Waals surface area contributed by atoms with Gasteiger partial charge in [-0.1, -0.05) is 13.8 Å². The summed E-state index contributed by atoms with van der Waals surface area (Å²) >= 11 is 0. The van der Waals surface area contributed by atoms with Gasteiger partial charge in [-0.25, -0.2) is 0 Å². The van der Waals surface area contributed by atoms with E-state index < -0.39 is 0 Å². The van der Waals surface area contributed by atoms with Crippen LogP contribution >= 0.6 is 0 Å². The number of nitrogens with two attached hydrogens (primary N) is 1. The number of aryl methyl sites for hydroxylation is 1. The summed E-state index contributed by atoms with van der Waals surface area (Å²) in [6.45, 7) is 6.89. The quantitative estimate of drug-likeness (QED) is 0.913. The van der Waals surface area contributed by atoms with Crippen molar-refractivity contribution >= 4 is 5.91 Å². The Morgan fingerprint density at radius 1 is 1.47 bits per heavy atom. The average molecular weight is 264 g/mol. The second-order valence-electron chi connectivity index (χ2n) is 5.89. The molecular weight excluding hydrogens is 240 g/mol. The lowest BCUT2D eigenvalue weighted by atomic mass is 10.0. The fourth-order valence-electron chi connectivity index (χ4n) is 2.76. The third kappa shape index (κ3) is 3.18. The lowest BCUT2D eigenvalue weighted by Gasteiger charge is -2.33. The van der Waals surface area contributed by atoms with Gasteiger partial charge in [-0.3, -0.25) is 4.79 Å². The molecule has 0 saturated carbocycles. The zero-order chi connectivity index (χ0) is 14.0. The van der Waals surface area contributed by atoms with E-state index in [0.29, 0.717) is 12.3 Å². The Hall–Kier alpha value is -1.29. The number of hydrogen-bond donors (Lipinski definition) is 1. The third-order valence-electron chi connectivity index (χ3n) is 3.60. The number of amides is 1. The Bertz CT molecular complexity index is 439. The predicted octanol–water partition coefficient (Wildman–Crippen LogP) is 2.62. The van der Waals surface area contributed by atoms with Crippen molar-refractivity contribution in [2.24, 2.45) is 11.7 Å². The molecule has 1 amide bonds. The van der Waals surface area contributed by atoms with E-state index in [1.165, 1.54) is 0 Å². The standard InChI is InChI=1S/C15H24N2O2/c1-10(2)9-17-14(18)6-4-5-12(16)15(17)13-8-7-11(3)19-13/h7-8,10,12,15H,4-6,9,16H2,1-3H3. The Morgan fingerprint density at radius 2 is 2.21 bits per heavy atom. The van der Waals surface area contributed by atoms with Crippen LogP contribution in [0.2, 0.25) is 0 Å². The first kappa shape index (κ1) is 14.1. The number of carbonyl (C=O) groups is 1. The summed E-state index contributed by atoms with van der Waals surface area (Å²) in [5.41, 5.74) is 6.29. The molecule has 1 aliphatic rings. The van der Waals surface area contributed by atoms with Gasteiger partial charge in [0.2, 0.25) is 5.91 Å². The summed E-state index contributed by atoms with van der Waals surface area (Å²) < 4.78 is 5.74. The van der Waals surface area contributed by atoms with Crippen molar-refractivity contribution in [1.29, 1.82) is 0 Å². The third-order valence-corrected chi connectivity index (χ3v) is 3.60. The molecule has 0 bridgehead atoms. The molecule has 1 aromatic rings. The van der Waals surface area contributed by atoms with E-state index in [4.69, 9.17) is 10.2 Å². The van der Waals surface area contributed by atoms with Crippen LogP contribution in [0.1, 0.15) is 50.7 Å². The second kappa shape index (κ2) is 5.78. The van der Waals surface area contributed by atoms with Gasteiger partial charge >= 0.3 is 0 Å². The maximum atomic E-state index is 12.3. The number of furan rings is 1. The Balaban J connectivity index is 2.33. The SMILES string of the molecule is Cc1ccc(C2C(N)CCCC(=O)N2CC(C)C)o1. The Morgan fingerprint density at radius 3 is 2.79 bits per heavy atom. The predicted molar refractivity (Wildman–Crippen MR) is 74.6 cm³/mol. The molecule has 2 rings (SSSR count). The van der Waals surface area contributed by atoms with Crippen LogP contribution in [0.15, 0.2) is 16.5 Å². The highest BCUT2D eigenvalue weighted by atomic mass is 16.3. The van der Waals surface area contributed by atoms with Crippen molar-refractivity contribution in [1.82, 2.24) is 4.90 Å². The second-order valence-corrected chi connectivity index (χ2v) is 5.89. The van der Waals surface area contributed by atoms with Crippen LogP contribution in [-0.4, -0.2) is 23.4 Å². The molecular formula is C15H24N2O2. The van der Waals surface area contributed by atoms with Gasteiger partial charge in [-0.2, -0.15) is 0 Å². The van der Waals surface area contributed by atoms with Crippen molar-refractivity contribution in [3.8, 4) is 0 Å². The Labute approximate surface area is 114 Å². The highest BCUT2D eigenvalue weighted by Gasteiger charge is 2.34. The van der Waals surface area contributed by atoms with E-state index in [-0.39, 0.29) is 18.0 Å².